The number of aromatic nitrogens is 1. The van der Waals surface area contributed by atoms with Crippen molar-refractivity contribution in [2.24, 2.45) is 12.2 Å². The molecular formula is C11H16ClN3O3S. The van der Waals surface area contributed by atoms with Gasteiger partial charge in [-0.2, -0.15) is 4.31 Å². The van der Waals surface area contributed by atoms with Gasteiger partial charge in [0, 0.05) is 38.6 Å². The normalized spacial score (nSPS) is 21.3. The molecule has 0 aliphatic carbocycles. The molecule has 2 heterocycles. The Bertz CT molecular complexity index is 594. The van der Waals surface area contributed by atoms with E-state index in [4.69, 9.17) is 16.8 Å². The Labute approximate surface area is 117 Å². The first-order valence-electron chi connectivity index (χ1n) is 5.95. The highest BCUT2D eigenvalue weighted by Gasteiger charge is 2.33. The number of fused-ring (bicyclic) bond motifs is 1. The Morgan fingerprint density at radius 3 is 2.89 bits per heavy atom. The molecule has 8 heteroatoms. The van der Waals surface area contributed by atoms with Gasteiger partial charge in [0.2, 0.25) is 10.0 Å². The first-order chi connectivity index (χ1) is 9.02. The average Bonchev–Trinajstić information content (AvgIpc) is 2.71. The molecule has 106 valence electrons. The van der Waals surface area contributed by atoms with Crippen molar-refractivity contribution in [1.29, 1.82) is 0 Å². The number of alkyl halides is 1. The van der Waals surface area contributed by atoms with Crippen LogP contribution in [0.1, 0.15) is 18.5 Å². The van der Waals surface area contributed by atoms with Crippen molar-refractivity contribution >= 4 is 27.3 Å². The SMILES string of the molecule is Cn1ccc2c1C(=NO)CCN(CCCCl)S2(=O)=O. The summed E-state index contributed by atoms with van der Waals surface area (Å²) in [5.74, 6) is 0.411. The second-order valence-corrected chi connectivity index (χ2v) is 6.67. The molecule has 1 N–H and O–H groups in total. The molecule has 0 bridgehead atoms. The molecule has 0 aromatic carbocycles. The molecule has 6 nitrogen and oxygen atoms in total. The topological polar surface area (TPSA) is 74.9 Å². The number of hydrogen-bond acceptors (Lipinski definition) is 4. The molecule has 0 spiro atoms. The van der Waals surface area contributed by atoms with E-state index in [1.807, 2.05) is 0 Å². The van der Waals surface area contributed by atoms with E-state index in [2.05, 4.69) is 5.16 Å². The Kier molecular flexibility index (Phi) is 4.17. The van der Waals surface area contributed by atoms with Crippen molar-refractivity contribution in [3.63, 3.8) is 0 Å². The minimum Gasteiger partial charge on any atom is -0.411 e. The fourth-order valence-corrected chi connectivity index (χ4v) is 4.07. The lowest BCUT2D eigenvalue weighted by Gasteiger charge is -2.18. The van der Waals surface area contributed by atoms with Crippen molar-refractivity contribution in [2.75, 3.05) is 19.0 Å². The Morgan fingerprint density at radius 2 is 2.26 bits per heavy atom. The number of oxime groups is 1. The van der Waals surface area contributed by atoms with Crippen LogP contribution < -0.4 is 0 Å². The number of aryl methyl sites for hydroxylation is 1. The summed E-state index contributed by atoms with van der Waals surface area (Å²) >= 11 is 5.63. The first kappa shape index (κ1) is 14.4. The molecule has 1 aliphatic rings. The third-order valence-corrected chi connectivity index (χ3v) is 5.38. The van der Waals surface area contributed by atoms with Gasteiger partial charge in [-0.15, -0.1) is 11.6 Å². The quantitative estimate of drug-likeness (QED) is 0.518. The van der Waals surface area contributed by atoms with E-state index in [1.165, 1.54) is 10.4 Å². The molecule has 19 heavy (non-hydrogen) atoms. The third kappa shape index (κ3) is 2.50. The summed E-state index contributed by atoms with van der Waals surface area (Å²) in [5.41, 5.74) is 0.843. The van der Waals surface area contributed by atoms with Crippen LogP contribution >= 0.6 is 11.6 Å². The van der Waals surface area contributed by atoms with Crippen LogP contribution in [0.4, 0.5) is 0 Å². The summed E-state index contributed by atoms with van der Waals surface area (Å²) in [6.07, 6.45) is 2.62. The predicted octanol–water partition coefficient (Wildman–Crippen LogP) is 1.23. The van der Waals surface area contributed by atoms with Crippen LogP contribution in [0.5, 0.6) is 0 Å². The van der Waals surface area contributed by atoms with Gasteiger partial charge in [0.1, 0.15) is 10.6 Å². The predicted molar refractivity (Wildman–Crippen MR) is 72.4 cm³/mol. The van der Waals surface area contributed by atoms with Crippen LogP contribution in [-0.2, 0) is 17.1 Å². The van der Waals surface area contributed by atoms with Gasteiger partial charge in [-0.25, -0.2) is 8.42 Å². The maximum Gasteiger partial charge on any atom is 0.245 e. The van der Waals surface area contributed by atoms with Crippen LogP contribution in [-0.4, -0.2) is 47.2 Å². The summed E-state index contributed by atoms with van der Waals surface area (Å²) in [6.45, 7) is 0.673. The van der Waals surface area contributed by atoms with Crippen LogP contribution in [0.2, 0.25) is 0 Å². The van der Waals surface area contributed by atoms with E-state index in [0.717, 1.165) is 0 Å². The summed E-state index contributed by atoms with van der Waals surface area (Å²) in [7, 11) is -1.82. The zero-order valence-electron chi connectivity index (χ0n) is 10.6. The van der Waals surface area contributed by atoms with E-state index >= 15 is 0 Å². The molecule has 0 amide bonds. The van der Waals surface area contributed by atoms with Crippen molar-refractivity contribution in [1.82, 2.24) is 8.87 Å². The van der Waals surface area contributed by atoms with Crippen LogP contribution in [0.3, 0.4) is 0 Å². The van der Waals surface area contributed by atoms with Gasteiger partial charge in [0.15, 0.2) is 0 Å². The summed E-state index contributed by atoms with van der Waals surface area (Å²) in [5, 5.41) is 12.3. The van der Waals surface area contributed by atoms with Gasteiger partial charge in [0.05, 0.1) is 5.69 Å². The molecule has 0 saturated carbocycles. The molecule has 1 aromatic heterocycles. The van der Waals surface area contributed by atoms with Crippen molar-refractivity contribution in [3.05, 3.63) is 18.0 Å². The summed E-state index contributed by atoms with van der Waals surface area (Å²) in [6, 6.07) is 1.54. The highest BCUT2D eigenvalue weighted by molar-refractivity contribution is 7.89. The minimum absolute atomic E-state index is 0.190. The highest BCUT2D eigenvalue weighted by atomic mass is 35.5. The maximum absolute atomic E-state index is 12.5. The fourth-order valence-electron chi connectivity index (χ4n) is 2.23. The number of sulfonamides is 1. The zero-order valence-corrected chi connectivity index (χ0v) is 12.2. The molecule has 0 fully saturated rings. The standard InChI is InChI=1S/C11H16ClN3O3S/c1-14-7-4-10-11(14)9(13-16)3-8-15(6-2-5-12)19(10,17)18/h4,7,16H,2-3,5-6,8H2,1H3. The van der Waals surface area contributed by atoms with Crippen molar-refractivity contribution < 1.29 is 13.6 Å². The van der Waals surface area contributed by atoms with Gasteiger partial charge in [0.25, 0.3) is 0 Å². The Morgan fingerprint density at radius 1 is 1.53 bits per heavy atom. The Hall–Kier alpha value is -1.05. The second kappa shape index (κ2) is 5.52. The van der Waals surface area contributed by atoms with Gasteiger partial charge in [-0.05, 0) is 12.5 Å². The third-order valence-electron chi connectivity index (χ3n) is 3.19. The average molecular weight is 306 g/mol. The van der Waals surface area contributed by atoms with Gasteiger partial charge >= 0.3 is 0 Å². The molecule has 1 aromatic rings. The lowest BCUT2D eigenvalue weighted by atomic mass is 10.2. The molecule has 1 aliphatic heterocycles. The fraction of sp³-hybridized carbons (Fsp3) is 0.545. The van der Waals surface area contributed by atoms with E-state index in [9.17, 15) is 8.42 Å². The first-order valence-corrected chi connectivity index (χ1v) is 7.92. The lowest BCUT2D eigenvalue weighted by molar-refractivity contribution is 0.316. The molecule has 2 rings (SSSR count). The van der Waals surface area contributed by atoms with Crippen LogP contribution in [0.25, 0.3) is 0 Å². The Balaban J connectivity index is 2.51. The monoisotopic (exact) mass is 305 g/mol. The largest absolute Gasteiger partial charge is 0.411 e. The van der Waals surface area contributed by atoms with Gasteiger partial charge < -0.3 is 9.77 Å². The van der Waals surface area contributed by atoms with Crippen LogP contribution in [0, 0.1) is 0 Å². The van der Waals surface area contributed by atoms with Crippen molar-refractivity contribution in [2.45, 2.75) is 17.7 Å². The van der Waals surface area contributed by atoms with E-state index in [1.54, 1.807) is 17.8 Å². The van der Waals surface area contributed by atoms with E-state index in [-0.39, 0.29) is 4.90 Å². The molecule has 0 saturated heterocycles. The lowest BCUT2D eigenvalue weighted by Crippen LogP contribution is -2.32. The van der Waals surface area contributed by atoms with Gasteiger partial charge in [-0.1, -0.05) is 5.16 Å². The molecule has 0 unspecified atom stereocenters. The summed E-state index contributed by atoms with van der Waals surface area (Å²) < 4.78 is 28.1. The van der Waals surface area contributed by atoms with Gasteiger partial charge in [-0.3, -0.25) is 0 Å². The zero-order chi connectivity index (χ0) is 14.0. The van der Waals surface area contributed by atoms with Crippen LogP contribution in [0.15, 0.2) is 22.3 Å². The number of rotatable bonds is 3. The molecular weight excluding hydrogens is 290 g/mol. The smallest absolute Gasteiger partial charge is 0.245 e. The van der Waals surface area contributed by atoms with E-state index in [0.29, 0.717) is 43.2 Å². The highest BCUT2D eigenvalue weighted by Crippen LogP contribution is 2.26. The molecule has 0 radical (unpaired) electrons. The van der Waals surface area contributed by atoms with E-state index < -0.39 is 10.0 Å². The van der Waals surface area contributed by atoms with Crippen molar-refractivity contribution in [3.8, 4) is 0 Å². The maximum atomic E-state index is 12.5. The second-order valence-electron chi connectivity index (χ2n) is 4.38. The number of hydrogen-bond donors (Lipinski definition) is 1. The number of halogens is 1. The molecule has 0 atom stereocenters. The minimum atomic E-state index is -3.55. The number of nitrogens with zero attached hydrogens (tertiary/aromatic N) is 3. The summed E-state index contributed by atoms with van der Waals surface area (Å²) in [4.78, 5) is 0.190.